The van der Waals surface area contributed by atoms with Crippen molar-refractivity contribution in [2.75, 3.05) is 13.6 Å². The second-order valence-corrected chi connectivity index (χ2v) is 4.68. The molecule has 74 valence electrons. The molecule has 13 heavy (non-hydrogen) atoms. The highest BCUT2D eigenvalue weighted by atomic mass is 16.4. The average Bonchev–Trinajstić information content (AvgIpc) is 2.60. The first kappa shape index (κ1) is 9.00. The fraction of sp³-hybridized carbons (Fsp3) is 0.900. The Labute approximate surface area is 78.7 Å². The van der Waals surface area contributed by atoms with E-state index >= 15 is 0 Å². The molecule has 0 bridgehead atoms. The third-order valence-corrected chi connectivity index (χ3v) is 3.69. The highest BCUT2D eigenvalue weighted by molar-refractivity contribution is 5.74. The maximum atomic E-state index is 10.9. The van der Waals surface area contributed by atoms with Gasteiger partial charge in [0.1, 0.15) is 6.04 Å². The second-order valence-electron chi connectivity index (χ2n) is 4.68. The Kier molecular flexibility index (Phi) is 2.06. The van der Waals surface area contributed by atoms with Crippen LogP contribution in [0.5, 0.6) is 0 Å². The number of rotatable bonds is 1. The molecule has 1 saturated heterocycles. The third kappa shape index (κ3) is 1.46. The van der Waals surface area contributed by atoms with Crippen LogP contribution in [0.4, 0.5) is 0 Å². The molecule has 1 heterocycles. The molecule has 1 N–H and O–H groups in total. The summed E-state index contributed by atoms with van der Waals surface area (Å²) in [6.45, 7) is 0.990. The van der Waals surface area contributed by atoms with Gasteiger partial charge < -0.3 is 5.11 Å². The Bertz CT molecular complexity index is 221. The Morgan fingerprint density at radius 1 is 1.46 bits per heavy atom. The number of hydrogen-bond acceptors (Lipinski definition) is 2. The SMILES string of the molecule is CN1CC2(CCCC2)CC1C(=O)O. The summed E-state index contributed by atoms with van der Waals surface area (Å²) in [5.74, 6) is -0.647. The molecule has 2 fully saturated rings. The lowest BCUT2D eigenvalue weighted by atomic mass is 9.84. The van der Waals surface area contributed by atoms with E-state index < -0.39 is 5.97 Å². The molecule has 1 aliphatic carbocycles. The molecule has 2 aliphatic rings. The van der Waals surface area contributed by atoms with Crippen LogP contribution in [-0.2, 0) is 4.79 Å². The van der Waals surface area contributed by atoms with Gasteiger partial charge in [-0.15, -0.1) is 0 Å². The lowest BCUT2D eigenvalue weighted by molar-refractivity contribution is -0.141. The molecule has 1 saturated carbocycles. The van der Waals surface area contributed by atoms with Crippen molar-refractivity contribution in [3.63, 3.8) is 0 Å². The van der Waals surface area contributed by atoms with Gasteiger partial charge in [0.2, 0.25) is 0 Å². The number of hydrogen-bond donors (Lipinski definition) is 1. The van der Waals surface area contributed by atoms with E-state index in [1.165, 1.54) is 25.7 Å². The summed E-state index contributed by atoms with van der Waals surface area (Å²) >= 11 is 0. The van der Waals surface area contributed by atoms with E-state index in [4.69, 9.17) is 5.11 Å². The molecule has 1 unspecified atom stereocenters. The van der Waals surface area contributed by atoms with Gasteiger partial charge in [0.25, 0.3) is 0 Å². The molecule has 3 heteroatoms. The maximum Gasteiger partial charge on any atom is 0.320 e. The summed E-state index contributed by atoms with van der Waals surface area (Å²) in [6.07, 6.45) is 5.93. The molecular weight excluding hydrogens is 166 g/mol. The average molecular weight is 183 g/mol. The molecule has 0 amide bonds. The normalized spacial score (nSPS) is 32.8. The Morgan fingerprint density at radius 2 is 2.08 bits per heavy atom. The Morgan fingerprint density at radius 3 is 2.54 bits per heavy atom. The highest BCUT2D eigenvalue weighted by Crippen LogP contribution is 2.47. The summed E-state index contributed by atoms with van der Waals surface area (Å²) in [5.41, 5.74) is 0.359. The van der Waals surface area contributed by atoms with E-state index in [0.29, 0.717) is 5.41 Å². The fourth-order valence-electron chi connectivity index (χ4n) is 3.03. The van der Waals surface area contributed by atoms with Gasteiger partial charge in [0.05, 0.1) is 0 Å². The van der Waals surface area contributed by atoms with Crippen molar-refractivity contribution < 1.29 is 9.90 Å². The van der Waals surface area contributed by atoms with Gasteiger partial charge in [-0.05, 0) is 31.7 Å². The van der Waals surface area contributed by atoms with E-state index in [2.05, 4.69) is 0 Å². The molecular formula is C10H17NO2. The van der Waals surface area contributed by atoms with Crippen molar-refractivity contribution in [3.05, 3.63) is 0 Å². The van der Waals surface area contributed by atoms with E-state index in [0.717, 1.165) is 13.0 Å². The number of carbonyl (C=O) groups is 1. The standard InChI is InChI=1S/C10H17NO2/c1-11-7-10(4-2-3-5-10)6-8(11)9(12)13/h8H,2-7H2,1H3,(H,12,13). The van der Waals surface area contributed by atoms with Crippen LogP contribution in [0.25, 0.3) is 0 Å². The van der Waals surface area contributed by atoms with Crippen molar-refractivity contribution in [2.24, 2.45) is 5.41 Å². The van der Waals surface area contributed by atoms with Crippen LogP contribution in [0.2, 0.25) is 0 Å². The monoisotopic (exact) mass is 183 g/mol. The van der Waals surface area contributed by atoms with Crippen LogP contribution >= 0.6 is 0 Å². The quantitative estimate of drug-likeness (QED) is 0.666. The first-order valence-electron chi connectivity index (χ1n) is 5.06. The molecule has 0 aromatic carbocycles. The smallest absolute Gasteiger partial charge is 0.320 e. The minimum Gasteiger partial charge on any atom is -0.480 e. The molecule has 0 aromatic rings. The van der Waals surface area contributed by atoms with Crippen LogP contribution in [0.15, 0.2) is 0 Å². The fourth-order valence-corrected chi connectivity index (χ4v) is 3.03. The van der Waals surface area contributed by atoms with E-state index in [9.17, 15) is 4.79 Å². The topological polar surface area (TPSA) is 40.5 Å². The lowest BCUT2D eigenvalue weighted by Gasteiger charge is -2.21. The maximum absolute atomic E-state index is 10.9. The number of nitrogens with zero attached hydrogens (tertiary/aromatic N) is 1. The molecule has 1 aliphatic heterocycles. The summed E-state index contributed by atoms with van der Waals surface area (Å²) in [5, 5.41) is 8.99. The van der Waals surface area contributed by atoms with Gasteiger partial charge in [-0.2, -0.15) is 0 Å². The molecule has 2 rings (SSSR count). The van der Waals surface area contributed by atoms with Crippen molar-refractivity contribution in [1.29, 1.82) is 0 Å². The number of likely N-dealkylation sites (N-methyl/N-ethyl adjacent to an activating group) is 1. The molecule has 3 nitrogen and oxygen atoms in total. The minimum atomic E-state index is -0.647. The second kappa shape index (κ2) is 2.98. The Hall–Kier alpha value is -0.570. The molecule has 1 spiro atoms. The highest BCUT2D eigenvalue weighted by Gasteiger charge is 2.46. The van der Waals surface area contributed by atoms with Crippen LogP contribution in [0.1, 0.15) is 32.1 Å². The first-order valence-corrected chi connectivity index (χ1v) is 5.06. The number of carboxylic acids is 1. The van der Waals surface area contributed by atoms with Crippen molar-refractivity contribution in [2.45, 2.75) is 38.1 Å². The molecule has 0 aromatic heterocycles. The Balaban J connectivity index is 2.09. The summed E-state index contributed by atoms with van der Waals surface area (Å²) in [4.78, 5) is 12.9. The third-order valence-electron chi connectivity index (χ3n) is 3.69. The van der Waals surface area contributed by atoms with Gasteiger partial charge in [-0.25, -0.2) is 0 Å². The summed E-state index contributed by atoms with van der Waals surface area (Å²) in [6, 6.07) is -0.224. The van der Waals surface area contributed by atoms with Crippen LogP contribution in [-0.4, -0.2) is 35.6 Å². The molecule has 0 radical (unpaired) electrons. The zero-order valence-corrected chi connectivity index (χ0v) is 8.12. The van der Waals surface area contributed by atoms with Crippen LogP contribution in [0.3, 0.4) is 0 Å². The zero-order valence-electron chi connectivity index (χ0n) is 8.12. The minimum absolute atomic E-state index is 0.224. The first-order chi connectivity index (χ1) is 6.13. The van der Waals surface area contributed by atoms with E-state index in [-0.39, 0.29) is 6.04 Å². The van der Waals surface area contributed by atoms with Crippen molar-refractivity contribution in [3.8, 4) is 0 Å². The number of carboxylic acid groups (broad SMARTS) is 1. The molecule has 1 atom stereocenters. The van der Waals surface area contributed by atoms with Crippen molar-refractivity contribution in [1.82, 2.24) is 4.90 Å². The van der Waals surface area contributed by atoms with Gasteiger partial charge in [-0.3, -0.25) is 9.69 Å². The summed E-state index contributed by atoms with van der Waals surface area (Å²) in [7, 11) is 1.94. The summed E-state index contributed by atoms with van der Waals surface area (Å²) < 4.78 is 0. The number of aliphatic carboxylic acids is 1. The van der Waals surface area contributed by atoms with Crippen LogP contribution in [0, 0.1) is 5.41 Å². The lowest BCUT2D eigenvalue weighted by Crippen LogP contribution is -2.32. The predicted octanol–water partition coefficient (Wildman–Crippen LogP) is 1.34. The van der Waals surface area contributed by atoms with Crippen molar-refractivity contribution >= 4 is 5.97 Å². The zero-order chi connectivity index (χ0) is 9.47. The van der Waals surface area contributed by atoms with Gasteiger partial charge in [0, 0.05) is 6.54 Å². The van der Waals surface area contributed by atoms with E-state index in [1.807, 2.05) is 11.9 Å². The van der Waals surface area contributed by atoms with Gasteiger partial charge in [0.15, 0.2) is 0 Å². The van der Waals surface area contributed by atoms with Crippen LogP contribution < -0.4 is 0 Å². The van der Waals surface area contributed by atoms with E-state index in [1.54, 1.807) is 0 Å². The predicted molar refractivity (Wildman–Crippen MR) is 49.6 cm³/mol. The largest absolute Gasteiger partial charge is 0.480 e. The van der Waals surface area contributed by atoms with Gasteiger partial charge in [-0.1, -0.05) is 12.8 Å². The number of likely N-dealkylation sites (tertiary alicyclic amines) is 1. The van der Waals surface area contributed by atoms with Gasteiger partial charge >= 0.3 is 5.97 Å².